The van der Waals surface area contributed by atoms with Gasteiger partial charge in [-0.05, 0) is 99.5 Å². The maximum Gasteiger partial charge on any atom is 0.308 e. The standard InChI is InChI=1S/C23H28N4O2S.C17H16N2O2S/c1-17-14-18(2)27(25-17)20-5-3-4-19(15-20)22-7-6-21(30-22)16-23(28)24-8-9-26-10-12-29-13-11-26;1-11-8-12(2)19(18-11)14-5-3-4-13(9-14)16-7-6-15(22-16)10-17(20)21/h3-7,14-15H,8-13,16H2,1-2H3,(H,24,28);3-9H,10H2,1-2H3,(H,20,21). The van der Waals surface area contributed by atoms with E-state index in [1.807, 2.05) is 66.5 Å². The summed E-state index contributed by atoms with van der Waals surface area (Å²) >= 11 is 3.19. The molecule has 0 saturated carbocycles. The number of carboxylic acid groups (broad SMARTS) is 1. The summed E-state index contributed by atoms with van der Waals surface area (Å²) in [6.45, 7) is 13.1. The Bertz CT molecular complexity index is 2140. The van der Waals surface area contributed by atoms with E-state index in [1.165, 1.54) is 11.3 Å². The fourth-order valence-corrected chi connectivity index (χ4v) is 8.16. The van der Waals surface area contributed by atoms with Gasteiger partial charge in [0.25, 0.3) is 0 Å². The highest BCUT2D eigenvalue weighted by molar-refractivity contribution is 7.15. The fraction of sp³-hybridized carbons (Fsp3) is 0.300. The molecule has 1 amide bonds. The number of hydrogen-bond acceptors (Lipinski definition) is 8. The number of aromatic nitrogens is 4. The van der Waals surface area contributed by atoms with E-state index >= 15 is 0 Å². The van der Waals surface area contributed by atoms with Crippen molar-refractivity contribution in [1.29, 1.82) is 0 Å². The lowest BCUT2D eigenvalue weighted by Crippen LogP contribution is -2.41. The number of carboxylic acids is 1. The Kier molecular flexibility index (Phi) is 12.1. The molecule has 0 radical (unpaired) electrons. The summed E-state index contributed by atoms with van der Waals surface area (Å²) in [6.07, 6.45) is 0.493. The van der Waals surface area contributed by atoms with Crippen LogP contribution in [0.2, 0.25) is 0 Å². The summed E-state index contributed by atoms with van der Waals surface area (Å²) in [5, 5.41) is 21.0. The predicted molar refractivity (Wildman–Crippen MR) is 208 cm³/mol. The van der Waals surface area contributed by atoms with E-state index in [9.17, 15) is 9.59 Å². The van der Waals surface area contributed by atoms with Crippen molar-refractivity contribution in [3.8, 4) is 32.3 Å². The molecule has 0 unspecified atom stereocenters. The topological polar surface area (TPSA) is 115 Å². The van der Waals surface area contributed by atoms with Crippen molar-refractivity contribution in [2.45, 2.75) is 40.5 Å². The van der Waals surface area contributed by atoms with E-state index in [0.29, 0.717) is 13.0 Å². The van der Waals surface area contributed by atoms with Gasteiger partial charge in [0.05, 0.1) is 48.8 Å². The van der Waals surface area contributed by atoms with Crippen LogP contribution in [-0.4, -0.2) is 80.8 Å². The molecule has 0 aliphatic carbocycles. The molecule has 1 saturated heterocycles. The number of rotatable bonds is 11. The van der Waals surface area contributed by atoms with Crippen molar-refractivity contribution in [2.75, 3.05) is 39.4 Å². The number of nitrogens with one attached hydrogen (secondary N) is 1. The van der Waals surface area contributed by atoms with Crippen LogP contribution >= 0.6 is 22.7 Å². The molecule has 0 bridgehead atoms. The van der Waals surface area contributed by atoms with Crippen molar-refractivity contribution < 1.29 is 19.4 Å². The van der Waals surface area contributed by atoms with Gasteiger partial charge in [0.15, 0.2) is 0 Å². The number of benzene rings is 2. The highest BCUT2D eigenvalue weighted by Crippen LogP contribution is 2.31. The number of carbonyl (C=O) groups is 2. The van der Waals surface area contributed by atoms with E-state index in [4.69, 9.17) is 9.84 Å². The SMILES string of the molecule is Cc1cc(C)n(-c2cccc(-c3ccc(CC(=O)NCCN4CCOCC4)s3)c2)n1.Cc1cc(C)n(-c2cccc(-c3ccc(CC(=O)O)s3)c2)n1. The number of hydrogen-bond donors (Lipinski definition) is 2. The number of amides is 1. The molecule has 7 rings (SSSR count). The van der Waals surface area contributed by atoms with E-state index in [-0.39, 0.29) is 12.3 Å². The zero-order valence-corrected chi connectivity index (χ0v) is 31.6. The van der Waals surface area contributed by atoms with Gasteiger partial charge in [-0.1, -0.05) is 24.3 Å². The summed E-state index contributed by atoms with van der Waals surface area (Å²) < 4.78 is 9.24. The summed E-state index contributed by atoms with van der Waals surface area (Å²) in [5.41, 5.74) is 8.48. The molecule has 2 N–H and O–H groups in total. The zero-order chi connectivity index (χ0) is 36.6. The van der Waals surface area contributed by atoms with Crippen molar-refractivity contribution >= 4 is 34.6 Å². The van der Waals surface area contributed by atoms with Gasteiger partial charge in [0.1, 0.15) is 0 Å². The third-order valence-electron chi connectivity index (χ3n) is 8.61. The second-order valence-corrected chi connectivity index (χ2v) is 15.2. The van der Waals surface area contributed by atoms with Gasteiger partial charge in [-0.3, -0.25) is 14.5 Å². The minimum Gasteiger partial charge on any atom is -0.481 e. The summed E-state index contributed by atoms with van der Waals surface area (Å²) in [7, 11) is 0. The molecule has 10 nitrogen and oxygen atoms in total. The molecule has 0 atom stereocenters. The minimum atomic E-state index is -0.801. The summed E-state index contributed by atoms with van der Waals surface area (Å²) in [6, 6.07) is 28.6. The molecule has 1 fully saturated rings. The van der Waals surface area contributed by atoms with Crippen LogP contribution in [0.15, 0.2) is 84.9 Å². The molecule has 0 spiro atoms. The Morgan fingerprint density at radius 1 is 0.731 bits per heavy atom. The van der Waals surface area contributed by atoms with Gasteiger partial charge >= 0.3 is 5.97 Å². The molecular weight excluding hydrogens is 693 g/mol. The lowest BCUT2D eigenvalue weighted by atomic mass is 10.1. The Morgan fingerprint density at radius 3 is 1.73 bits per heavy atom. The highest BCUT2D eigenvalue weighted by atomic mass is 32.1. The molecule has 6 aromatic rings. The van der Waals surface area contributed by atoms with Gasteiger partial charge < -0.3 is 15.2 Å². The first-order chi connectivity index (χ1) is 25.1. The summed E-state index contributed by atoms with van der Waals surface area (Å²) in [5.74, 6) is -0.724. The molecule has 2 aromatic carbocycles. The fourth-order valence-electron chi connectivity index (χ4n) is 6.17. The maximum atomic E-state index is 12.3. The first-order valence-electron chi connectivity index (χ1n) is 17.4. The second-order valence-electron chi connectivity index (χ2n) is 12.9. The first kappa shape index (κ1) is 36.9. The van der Waals surface area contributed by atoms with Gasteiger partial charge in [-0.25, -0.2) is 9.36 Å². The number of ether oxygens (including phenoxy) is 1. The van der Waals surface area contributed by atoms with E-state index in [2.05, 4.69) is 75.9 Å². The largest absolute Gasteiger partial charge is 0.481 e. The Hall–Kier alpha value is -4.88. The van der Waals surface area contributed by atoms with Crippen LogP contribution in [0.4, 0.5) is 0 Å². The van der Waals surface area contributed by atoms with Crippen molar-refractivity contribution in [2.24, 2.45) is 0 Å². The van der Waals surface area contributed by atoms with Gasteiger partial charge in [-0.2, -0.15) is 10.2 Å². The minimum absolute atomic E-state index is 0.0712. The smallest absolute Gasteiger partial charge is 0.308 e. The lowest BCUT2D eigenvalue weighted by molar-refractivity contribution is -0.136. The van der Waals surface area contributed by atoms with E-state index < -0.39 is 5.97 Å². The number of carbonyl (C=O) groups excluding carboxylic acids is 1. The van der Waals surface area contributed by atoms with Crippen molar-refractivity contribution in [3.63, 3.8) is 0 Å². The average molecular weight is 737 g/mol. The molecule has 1 aliphatic heterocycles. The summed E-state index contributed by atoms with van der Waals surface area (Å²) in [4.78, 5) is 29.6. The van der Waals surface area contributed by atoms with Crippen LogP contribution in [0.1, 0.15) is 32.5 Å². The third kappa shape index (κ3) is 9.71. The van der Waals surface area contributed by atoms with E-state index in [1.54, 1.807) is 11.3 Å². The molecule has 4 aromatic heterocycles. The van der Waals surface area contributed by atoms with E-state index in [0.717, 1.165) is 97.6 Å². The molecule has 1 aliphatic rings. The Labute approximate surface area is 312 Å². The molecule has 5 heterocycles. The van der Waals surface area contributed by atoms with Crippen LogP contribution in [0.3, 0.4) is 0 Å². The van der Waals surface area contributed by atoms with Gasteiger partial charge in [-0.15, -0.1) is 22.7 Å². The second kappa shape index (κ2) is 17.1. The van der Waals surface area contributed by atoms with Crippen LogP contribution in [0.5, 0.6) is 0 Å². The highest BCUT2D eigenvalue weighted by Gasteiger charge is 2.13. The maximum absolute atomic E-state index is 12.3. The number of aryl methyl sites for hydroxylation is 4. The Morgan fingerprint density at radius 2 is 1.25 bits per heavy atom. The predicted octanol–water partition coefficient (Wildman–Crippen LogP) is 7.05. The first-order valence-corrected chi connectivity index (χ1v) is 19.0. The van der Waals surface area contributed by atoms with Crippen LogP contribution in [-0.2, 0) is 27.2 Å². The third-order valence-corrected chi connectivity index (χ3v) is 10.9. The quantitative estimate of drug-likeness (QED) is 0.147. The average Bonchev–Trinajstić information content (AvgIpc) is 3.93. The molecular formula is C40H44N6O4S2. The van der Waals surface area contributed by atoms with Crippen LogP contribution < -0.4 is 5.32 Å². The molecule has 270 valence electrons. The van der Waals surface area contributed by atoms with Crippen LogP contribution in [0, 0.1) is 27.7 Å². The number of aliphatic carboxylic acids is 1. The van der Waals surface area contributed by atoms with Gasteiger partial charge in [0, 0.05) is 57.1 Å². The van der Waals surface area contributed by atoms with Crippen molar-refractivity contribution in [1.82, 2.24) is 29.8 Å². The van der Waals surface area contributed by atoms with Gasteiger partial charge in [0.2, 0.25) is 5.91 Å². The lowest BCUT2D eigenvalue weighted by Gasteiger charge is -2.26. The van der Waals surface area contributed by atoms with Crippen molar-refractivity contribution in [3.05, 3.63) is 117 Å². The number of nitrogens with zero attached hydrogens (tertiary/aromatic N) is 5. The van der Waals surface area contributed by atoms with Crippen LogP contribution in [0.25, 0.3) is 32.3 Å². The monoisotopic (exact) mass is 736 g/mol. The molecule has 12 heteroatoms. The normalized spacial score (nSPS) is 13.1. The zero-order valence-electron chi connectivity index (χ0n) is 30.0. The molecule has 52 heavy (non-hydrogen) atoms. The number of morpholine rings is 1. The number of thiophene rings is 2. The Balaban J connectivity index is 0.000000187.